The van der Waals surface area contributed by atoms with Crippen LogP contribution < -0.4 is 5.56 Å². The Hall–Kier alpha value is -1.95. The van der Waals surface area contributed by atoms with Gasteiger partial charge >= 0.3 is 5.97 Å². The highest BCUT2D eigenvalue weighted by atomic mass is 32.1. The number of aromatic nitrogens is 2. The normalized spacial score (nSPS) is 10.6. The Balaban J connectivity index is 2.02. The van der Waals surface area contributed by atoms with Crippen molar-refractivity contribution in [3.8, 4) is 0 Å². The molecule has 0 spiro atoms. The molecule has 0 bridgehead atoms. The maximum Gasteiger partial charge on any atom is 0.309 e. The summed E-state index contributed by atoms with van der Waals surface area (Å²) in [5, 5.41) is 11.3. The molecule has 2 heterocycles. The van der Waals surface area contributed by atoms with Crippen LogP contribution in [-0.2, 0) is 24.2 Å². The van der Waals surface area contributed by atoms with Crippen molar-refractivity contribution >= 4 is 17.3 Å². The second-order valence-electron chi connectivity index (χ2n) is 4.24. The minimum absolute atomic E-state index is 0.00446. The van der Waals surface area contributed by atoms with Crippen LogP contribution in [0.15, 0.2) is 28.5 Å². The van der Waals surface area contributed by atoms with E-state index in [1.54, 1.807) is 29.1 Å². The van der Waals surface area contributed by atoms with Gasteiger partial charge in [-0.1, -0.05) is 6.07 Å². The first kappa shape index (κ1) is 13.5. The second kappa shape index (κ2) is 5.79. The molecule has 0 aromatic carbocycles. The Morgan fingerprint density at radius 2 is 2.32 bits per heavy atom. The van der Waals surface area contributed by atoms with Crippen LogP contribution in [0.1, 0.15) is 16.3 Å². The van der Waals surface area contributed by atoms with Gasteiger partial charge in [0.25, 0.3) is 5.56 Å². The standard InChI is InChI=1S/C13H14N2O3S/c1-9-3-2-5-15(13(9)18)6-4-11-14-10(8-19-11)7-12(16)17/h2-3,5,8H,4,6-7H2,1H3,(H,16,17). The summed E-state index contributed by atoms with van der Waals surface area (Å²) in [6, 6.07) is 3.63. The van der Waals surface area contributed by atoms with E-state index in [1.165, 1.54) is 11.3 Å². The Labute approximate surface area is 114 Å². The molecule has 2 rings (SSSR count). The van der Waals surface area contributed by atoms with Gasteiger partial charge in [0.2, 0.25) is 0 Å². The fourth-order valence-electron chi connectivity index (χ4n) is 1.75. The number of nitrogens with zero attached hydrogens (tertiary/aromatic N) is 2. The van der Waals surface area contributed by atoms with Crippen molar-refractivity contribution in [3.63, 3.8) is 0 Å². The highest BCUT2D eigenvalue weighted by molar-refractivity contribution is 7.09. The van der Waals surface area contributed by atoms with Crippen LogP contribution in [0, 0.1) is 6.92 Å². The van der Waals surface area contributed by atoms with Crippen LogP contribution in [0.2, 0.25) is 0 Å². The van der Waals surface area contributed by atoms with E-state index in [-0.39, 0.29) is 12.0 Å². The molecule has 0 aliphatic heterocycles. The van der Waals surface area contributed by atoms with E-state index < -0.39 is 5.97 Å². The molecule has 0 saturated carbocycles. The monoisotopic (exact) mass is 278 g/mol. The van der Waals surface area contributed by atoms with Crippen LogP contribution in [-0.4, -0.2) is 20.6 Å². The summed E-state index contributed by atoms with van der Waals surface area (Å²) in [7, 11) is 0. The smallest absolute Gasteiger partial charge is 0.309 e. The van der Waals surface area contributed by atoms with Crippen molar-refractivity contribution in [2.75, 3.05) is 0 Å². The summed E-state index contributed by atoms with van der Waals surface area (Å²) < 4.78 is 1.65. The molecule has 1 N–H and O–H groups in total. The molecule has 0 saturated heterocycles. The van der Waals surface area contributed by atoms with Crippen LogP contribution in [0.4, 0.5) is 0 Å². The molecule has 0 aliphatic rings. The molecule has 100 valence electrons. The zero-order valence-electron chi connectivity index (χ0n) is 10.5. The van der Waals surface area contributed by atoms with Crippen molar-refractivity contribution < 1.29 is 9.90 Å². The molecule has 2 aromatic heterocycles. The number of thiazole rings is 1. The fourth-order valence-corrected chi connectivity index (χ4v) is 2.54. The molecule has 0 aliphatic carbocycles. The van der Waals surface area contributed by atoms with Gasteiger partial charge in [-0.2, -0.15) is 0 Å². The summed E-state index contributed by atoms with van der Waals surface area (Å²) in [6.45, 7) is 2.34. The van der Waals surface area contributed by atoms with Gasteiger partial charge in [0, 0.05) is 30.1 Å². The number of carbonyl (C=O) groups is 1. The largest absolute Gasteiger partial charge is 0.481 e. The lowest BCUT2D eigenvalue weighted by molar-refractivity contribution is -0.136. The maximum absolute atomic E-state index is 11.8. The van der Waals surface area contributed by atoms with Gasteiger partial charge in [0.1, 0.15) is 0 Å². The molecule has 2 aromatic rings. The van der Waals surface area contributed by atoms with Crippen molar-refractivity contribution in [1.29, 1.82) is 0 Å². The average molecular weight is 278 g/mol. The van der Waals surface area contributed by atoms with Crippen LogP contribution in [0.5, 0.6) is 0 Å². The summed E-state index contributed by atoms with van der Waals surface area (Å²) >= 11 is 1.43. The molecule has 0 fully saturated rings. The molecular weight excluding hydrogens is 264 g/mol. The van der Waals surface area contributed by atoms with Gasteiger partial charge < -0.3 is 9.67 Å². The number of hydrogen-bond acceptors (Lipinski definition) is 4. The third-order valence-corrected chi connectivity index (χ3v) is 3.67. The van der Waals surface area contributed by atoms with E-state index >= 15 is 0 Å². The lowest BCUT2D eigenvalue weighted by Gasteiger charge is -2.04. The Morgan fingerprint density at radius 3 is 3.05 bits per heavy atom. The molecule has 5 nitrogen and oxygen atoms in total. The zero-order valence-corrected chi connectivity index (χ0v) is 11.3. The quantitative estimate of drug-likeness (QED) is 0.899. The van der Waals surface area contributed by atoms with Gasteiger partial charge in [-0.25, -0.2) is 4.98 Å². The first-order valence-corrected chi connectivity index (χ1v) is 6.75. The predicted octanol–water partition coefficient (Wildman–Crippen LogP) is 1.48. The van der Waals surface area contributed by atoms with Gasteiger partial charge in [0.15, 0.2) is 0 Å². The van der Waals surface area contributed by atoms with E-state index in [2.05, 4.69) is 4.98 Å². The van der Waals surface area contributed by atoms with Gasteiger partial charge in [-0.05, 0) is 13.0 Å². The number of carboxylic acids is 1. The molecule has 0 amide bonds. The molecule has 19 heavy (non-hydrogen) atoms. The number of hydrogen-bond donors (Lipinski definition) is 1. The molecular formula is C13H14N2O3S. The third kappa shape index (κ3) is 3.51. The van der Waals surface area contributed by atoms with Crippen LogP contribution in [0.3, 0.4) is 0 Å². The third-order valence-electron chi connectivity index (χ3n) is 2.71. The van der Waals surface area contributed by atoms with Gasteiger partial charge in [-0.15, -0.1) is 11.3 Å². The number of aryl methyl sites for hydroxylation is 3. The lowest BCUT2D eigenvalue weighted by atomic mass is 10.3. The highest BCUT2D eigenvalue weighted by Crippen LogP contribution is 2.11. The SMILES string of the molecule is Cc1cccn(CCc2nc(CC(=O)O)cs2)c1=O. The number of carboxylic acid groups (broad SMARTS) is 1. The van der Waals surface area contributed by atoms with Crippen LogP contribution >= 0.6 is 11.3 Å². The number of pyridine rings is 1. The summed E-state index contributed by atoms with van der Waals surface area (Å²) in [4.78, 5) is 26.6. The first-order chi connectivity index (χ1) is 9.06. The molecule has 6 heteroatoms. The summed E-state index contributed by atoms with van der Waals surface area (Å²) in [5.41, 5.74) is 1.29. The highest BCUT2D eigenvalue weighted by Gasteiger charge is 2.06. The average Bonchev–Trinajstić information content (AvgIpc) is 2.78. The predicted molar refractivity (Wildman–Crippen MR) is 72.6 cm³/mol. The summed E-state index contributed by atoms with van der Waals surface area (Å²) in [6.07, 6.45) is 2.33. The Bertz CT molecular complexity index is 645. The lowest BCUT2D eigenvalue weighted by Crippen LogP contribution is -2.22. The van der Waals surface area contributed by atoms with E-state index in [1.807, 2.05) is 6.07 Å². The number of rotatable bonds is 5. The van der Waals surface area contributed by atoms with Gasteiger partial charge in [0.05, 0.1) is 17.1 Å². The van der Waals surface area contributed by atoms with E-state index in [9.17, 15) is 9.59 Å². The molecule has 0 radical (unpaired) electrons. The van der Waals surface area contributed by atoms with Crippen molar-refractivity contribution in [1.82, 2.24) is 9.55 Å². The van der Waals surface area contributed by atoms with E-state index in [0.717, 1.165) is 5.01 Å². The fraction of sp³-hybridized carbons (Fsp3) is 0.308. The van der Waals surface area contributed by atoms with Crippen molar-refractivity contribution in [3.05, 3.63) is 50.3 Å². The van der Waals surface area contributed by atoms with Crippen molar-refractivity contribution in [2.24, 2.45) is 0 Å². The van der Waals surface area contributed by atoms with E-state index in [4.69, 9.17) is 5.11 Å². The first-order valence-electron chi connectivity index (χ1n) is 5.87. The van der Waals surface area contributed by atoms with Crippen LogP contribution in [0.25, 0.3) is 0 Å². The minimum Gasteiger partial charge on any atom is -0.481 e. The molecule has 0 atom stereocenters. The zero-order chi connectivity index (χ0) is 13.8. The minimum atomic E-state index is -0.883. The van der Waals surface area contributed by atoms with E-state index in [0.29, 0.717) is 24.2 Å². The Morgan fingerprint density at radius 1 is 1.53 bits per heavy atom. The van der Waals surface area contributed by atoms with Crippen molar-refractivity contribution in [2.45, 2.75) is 26.3 Å². The second-order valence-corrected chi connectivity index (χ2v) is 5.19. The van der Waals surface area contributed by atoms with Gasteiger partial charge in [-0.3, -0.25) is 9.59 Å². The Kier molecular flexibility index (Phi) is 4.11. The number of aliphatic carboxylic acids is 1. The topological polar surface area (TPSA) is 72.2 Å². The maximum atomic E-state index is 11.8. The summed E-state index contributed by atoms with van der Waals surface area (Å²) in [5.74, 6) is -0.883. The molecule has 0 unspecified atom stereocenters.